The van der Waals surface area contributed by atoms with E-state index in [2.05, 4.69) is 0 Å². The highest BCUT2D eigenvalue weighted by Crippen LogP contribution is 2.34. The van der Waals surface area contributed by atoms with Gasteiger partial charge in [-0.15, -0.1) is 0 Å². The van der Waals surface area contributed by atoms with Crippen molar-refractivity contribution in [3.8, 4) is 0 Å². The molecule has 0 aromatic heterocycles. The summed E-state index contributed by atoms with van der Waals surface area (Å²) in [6.45, 7) is -0.285. The van der Waals surface area contributed by atoms with Crippen LogP contribution < -0.4 is 0 Å². The van der Waals surface area contributed by atoms with Crippen LogP contribution >= 0.6 is 0 Å². The van der Waals surface area contributed by atoms with Crippen LogP contribution in [-0.4, -0.2) is 36.9 Å². The van der Waals surface area contributed by atoms with Gasteiger partial charge in [0, 0.05) is 0 Å². The molecule has 110 valence electrons. The largest absolute Gasteiger partial charge is 0.460 e. The molecule has 1 aliphatic carbocycles. The lowest BCUT2D eigenvalue weighted by molar-refractivity contribution is -0.165. The second-order valence-electron chi connectivity index (χ2n) is 5.72. The van der Waals surface area contributed by atoms with Crippen molar-refractivity contribution >= 4 is 11.9 Å². The summed E-state index contributed by atoms with van der Waals surface area (Å²) >= 11 is 0. The van der Waals surface area contributed by atoms with Crippen molar-refractivity contribution in [1.82, 2.24) is 0 Å². The van der Waals surface area contributed by atoms with Crippen LogP contribution in [0.2, 0.25) is 0 Å². The van der Waals surface area contributed by atoms with E-state index in [4.69, 9.17) is 14.2 Å². The monoisotopic (exact) mass is 280 g/mol. The molecule has 2 fully saturated rings. The van der Waals surface area contributed by atoms with Crippen LogP contribution in [0.25, 0.3) is 0 Å². The average molecular weight is 280 g/mol. The maximum atomic E-state index is 11.9. The molecule has 3 aliphatic rings. The van der Waals surface area contributed by atoms with Crippen LogP contribution in [-0.2, 0) is 23.8 Å². The lowest BCUT2D eigenvalue weighted by atomic mass is 9.95. The lowest BCUT2D eigenvalue weighted by Crippen LogP contribution is -2.29. The number of ether oxygens (including phenoxy) is 3. The van der Waals surface area contributed by atoms with E-state index in [1.54, 1.807) is 0 Å². The molecule has 2 bridgehead atoms. The summed E-state index contributed by atoms with van der Waals surface area (Å²) in [5, 5.41) is 0. The van der Waals surface area contributed by atoms with Crippen molar-refractivity contribution in [3.63, 3.8) is 0 Å². The van der Waals surface area contributed by atoms with E-state index < -0.39 is 5.97 Å². The van der Waals surface area contributed by atoms with Gasteiger partial charge in [-0.05, 0) is 32.1 Å². The molecule has 1 saturated heterocycles. The number of esters is 2. The SMILES string of the molecule is O=C(COC(=O)C1CC2C=CC1O2)OC1CCCCC1. The zero-order valence-corrected chi connectivity index (χ0v) is 11.5. The number of hydrogen-bond donors (Lipinski definition) is 0. The van der Waals surface area contributed by atoms with Gasteiger partial charge in [0.05, 0.1) is 18.1 Å². The Morgan fingerprint density at radius 2 is 1.95 bits per heavy atom. The van der Waals surface area contributed by atoms with Crippen molar-refractivity contribution in [2.45, 2.75) is 56.8 Å². The van der Waals surface area contributed by atoms with E-state index in [0.29, 0.717) is 6.42 Å². The van der Waals surface area contributed by atoms with Gasteiger partial charge >= 0.3 is 11.9 Å². The molecule has 2 aliphatic heterocycles. The predicted molar refractivity (Wildman–Crippen MR) is 69.8 cm³/mol. The minimum atomic E-state index is -0.440. The fourth-order valence-corrected chi connectivity index (χ4v) is 3.14. The minimum Gasteiger partial charge on any atom is -0.460 e. The summed E-state index contributed by atoms with van der Waals surface area (Å²) in [4.78, 5) is 23.5. The number of hydrogen-bond acceptors (Lipinski definition) is 5. The Hall–Kier alpha value is -1.36. The van der Waals surface area contributed by atoms with E-state index in [1.807, 2.05) is 12.2 Å². The molecule has 0 aromatic rings. The van der Waals surface area contributed by atoms with E-state index in [1.165, 1.54) is 6.42 Å². The third kappa shape index (κ3) is 3.03. The van der Waals surface area contributed by atoms with Crippen LogP contribution in [0.1, 0.15) is 38.5 Å². The first-order valence-corrected chi connectivity index (χ1v) is 7.42. The molecule has 5 nitrogen and oxygen atoms in total. The molecule has 0 radical (unpaired) electrons. The maximum Gasteiger partial charge on any atom is 0.344 e. The Morgan fingerprint density at radius 3 is 2.60 bits per heavy atom. The Kier molecular flexibility index (Phi) is 4.05. The summed E-state index contributed by atoms with van der Waals surface area (Å²) < 4.78 is 15.9. The number of fused-ring (bicyclic) bond motifs is 2. The topological polar surface area (TPSA) is 61.8 Å². The molecule has 5 heteroatoms. The van der Waals surface area contributed by atoms with Crippen molar-refractivity contribution in [2.75, 3.05) is 6.61 Å². The summed E-state index contributed by atoms with van der Waals surface area (Å²) in [7, 11) is 0. The zero-order chi connectivity index (χ0) is 13.9. The predicted octanol–water partition coefficient (Wildman–Crippen LogP) is 1.75. The Labute approximate surface area is 118 Å². The van der Waals surface area contributed by atoms with E-state index >= 15 is 0 Å². The quantitative estimate of drug-likeness (QED) is 0.580. The third-order valence-corrected chi connectivity index (χ3v) is 4.22. The average Bonchev–Trinajstić information content (AvgIpc) is 3.08. The molecular weight excluding hydrogens is 260 g/mol. The lowest BCUT2D eigenvalue weighted by Gasteiger charge is -2.22. The molecule has 0 aromatic carbocycles. The second-order valence-corrected chi connectivity index (χ2v) is 5.72. The summed E-state index contributed by atoms with van der Waals surface area (Å²) in [6.07, 6.45) is 9.62. The van der Waals surface area contributed by atoms with Gasteiger partial charge in [0.15, 0.2) is 6.61 Å². The molecule has 1 saturated carbocycles. The molecule has 2 heterocycles. The van der Waals surface area contributed by atoms with Crippen LogP contribution in [0.15, 0.2) is 12.2 Å². The van der Waals surface area contributed by atoms with E-state index in [-0.39, 0.29) is 36.8 Å². The molecule has 0 spiro atoms. The molecule has 3 atom stereocenters. The molecule has 3 unspecified atom stereocenters. The second kappa shape index (κ2) is 5.95. The highest BCUT2D eigenvalue weighted by Gasteiger charge is 2.42. The summed E-state index contributed by atoms with van der Waals surface area (Å²) in [5.74, 6) is -1.07. The van der Waals surface area contributed by atoms with Crippen LogP contribution in [0, 0.1) is 5.92 Å². The fourth-order valence-electron chi connectivity index (χ4n) is 3.14. The van der Waals surface area contributed by atoms with Gasteiger partial charge in [-0.25, -0.2) is 4.79 Å². The zero-order valence-electron chi connectivity index (χ0n) is 11.5. The van der Waals surface area contributed by atoms with E-state index in [9.17, 15) is 9.59 Å². The summed E-state index contributed by atoms with van der Waals surface area (Å²) in [5.41, 5.74) is 0. The van der Waals surface area contributed by atoms with Crippen molar-refractivity contribution in [1.29, 1.82) is 0 Å². The molecule has 0 amide bonds. The third-order valence-electron chi connectivity index (χ3n) is 4.22. The van der Waals surface area contributed by atoms with Crippen molar-refractivity contribution in [3.05, 3.63) is 12.2 Å². The fraction of sp³-hybridized carbons (Fsp3) is 0.733. The minimum absolute atomic E-state index is 0.00344. The Morgan fingerprint density at radius 1 is 1.15 bits per heavy atom. The van der Waals surface area contributed by atoms with Gasteiger partial charge in [-0.3, -0.25) is 4.79 Å². The standard InChI is InChI=1S/C15H20O5/c16-14(20-10-4-2-1-3-5-10)9-18-15(17)12-8-11-6-7-13(12)19-11/h6-7,10-13H,1-5,8-9H2. The Bertz CT molecular complexity index is 410. The van der Waals surface area contributed by atoms with Crippen LogP contribution in [0.4, 0.5) is 0 Å². The van der Waals surface area contributed by atoms with Crippen molar-refractivity contribution < 1.29 is 23.8 Å². The molecule has 0 N–H and O–H groups in total. The van der Waals surface area contributed by atoms with Gasteiger partial charge in [0.1, 0.15) is 6.10 Å². The molecule has 20 heavy (non-hydrogen) atoms. The van der Waals surface area contributed by atoms with Crippen LogP contribution in [0.5, 0.6) is 0 Å². The maximum absolute atomic E-state index is 11.9. The first kappa shape index (κ1) is 13.6. The van der Waals surface area contributed by atoms with Gasteiger partial charge in [-0.2, -0.15) is 0 Å². The number of rotatable bonds is 4. The van der Waals surface area contributed by atoms with Gasteiger partial charge < -0.3 is 14.2 Å². The normalized spacial score (nSPS) is 32.3. The first-order valence-electron chi connectivity index (χ1n) is 7.42. The van der Waals surface area contributed by atoms with Gasteiger partial charge in [-0.1, -0.05) is 18.6 Å². The smallest absolute Gasteiger partial charge is 0.344 e. The Balaban J connectivity index is 1.39. The van der Waals surface area contributed by atoms with Crippen LogP contribution in [0.3, 0.4) is 0 Å². The number of carbonyl (C=O) groups excluding carboxylic acids is 2. The highest BCUT2D eigenvalue weighted by atomic mass is 16.6. The van der Waals surface area contributed by atoms with Crippen molar-refractivity contribution in [2.24, 2.45) is 5.92 Å². The highest BCUT2D eigenvalue weighted by molar-refractivity contribution is 5.79. The molecule has 3 rings (SSSR count). The summed E-state index contributed by atoms with van der Waals surface area (Å²) in [6, 6.07) is 0. The van der Waals surface area contributed by atoms with Gasteiger partial charge in [0.25, 0.3) is 0 Å². The van der Waals surface area contributed by atoms with Gasteiger partial charge in [0.2, 0.25) is 0 Å². The number of carbonyl (C=O) groups is 2. The molecular formula is C15H20O5. The van der Waals surface area contributed by atoms with E-state index in [0.717, 1.165) is 25.7 Å². The first-order chi connectivity index (χ1) is 9.72.